The van der Waals surface area contributed by atoms with Gasteiger partial charge in [-0.25, -0.2) is 0 Å². The summed E-state index contributed by atoms with van der Waals surface area (Å²) in [6.07, 6.45) is 5.84. The van der Waals surface area contributed by atoms with Gasteiger partial charge in [0.2, 0.25) is 0 Å². The van der Waals surface area contributed by atoms with E-state index in [0.717, 1.165) is 64.7 Å². The monoisotopic (exact) mass is 416 g/mol. The van der Waals surface area contributed by atoms with E-state index in [1.165, 1.54) is 37.1 Å². The van der Waals surface area contributed by atoms with E-state index in [1.54, 1.807) is 0 Å². The Bertz CT molecular complexity index is 623. The van der Waals surface area contributed by atoms with E-state index in [9.17, 15) is 0 Å². The van der Waals surface area contributed by atoms with Crippen LogP contribution in [0.1, 0.15) is 49.3 Å². The molecule has 1 atom stereocenters. The summed E-state index contributed by atoms with van der Waals surface area (Å²) in [5.74, 6) is 1.54. The molecule has 6 nitrogen and oxygen atoms in total. The molecule has 168 valence electrons. The van der Waals surface area contributed by atoms with E-state index in [4.69, 9.17) is 9.47 Å². The first-order valence-electron chi connectivity index (χ1n) is 11.7. The molecule has 0 saturated carbocycles. The van der Waals surface area contributed by atoms with Crippen LogP contribution in [-0.4, -0.2) is 70.5 Å². The maximum atomic E-state index is 5.86. The molecular formula is C24H40N4O2. The summed E-state index contributed by atoms with van der Waals surface area (Å²) >= 11 is 0. The van der Waals surface area contributed by atoms with Gasteiger partial charge in [0.15, 0.2) is 5.96 Å². The zero-order valence-corrected chi connectivity index (χ0v) is 18.9. The maximum absolute atomic E-state index is 5.86. The second kappa shape index (κ2) is 12.9. The number of hydrogen-bond acceptors (Lipinski definition) is 4. The van der Waals surface area contributed by atoms with E-state index >= 15 is 0 Å². The van der Waals surface area contributed by atoms with Crippen LogP contribution in [0.5, 0.6) is 0 Å². The van der Waals surface area contributed by atoms with Gasteiger partial charge in [0, 0.05) is 46.6 Å². The van der Waals surface area contributed by atoms with Gasteiger partial charge in [-0.15, -0.1) is 0 Å². The highest BCUT2D eigenvalue weighted by molar-refractivity contribution is 5.79. The number of rotatable bonds is 10. The maximum Gasteiger partial charge on any atom is 0.191 e. The number of benzene rings is 1. The number of likely N-dealkylation sites (tertiary alicyclic amines) is 1. The van der Waals surface area contributed by atoms with Crippen molar-refractivity contribution < 1.29 is 9.47 Å². The normalized spacial score (nSPS) is 19.7. The lowest BCUT2D eigenvalue weighted by Gasteiger charge is -2.29. The van der Waals surface area contributed by atoms with Crippen LogP contribution in [0.4, 0.5) is 0 Å². The van der Waals surface area contributed by atoms with Crippen LogP contribution in [0.3, 0.4) is 0 Å². The van der Waals surface area contributed by atoms with Crippen LogP contribution in [0, 0.1) is 12.8 Å². The first-order chi connectivity index (χ1) is 14.8. The Morgan fingerprint density at radius 3 is 2.60 bits per heavy atom. The third kappa shape index (κ3) is 7.56. The highest BCUT2D eigenvalue weighted by atomic mass is 16.5. The van der Waals surface area contributed by atoms with Gasteiger partial charge < -0.3 is 20.1 Å². The van der Waals surface area contributed by atoms with Crippen molar-refractivity contribution in [2.24, 2.45) is 10.9 Å². The van der Waals surface area contributed by atoms with Crippen molar-refractivity contribution >= 4 is 5.96 Å². The van der Waals surface area contributed by atoms with E-state index < -0.39 is 0 Å². The lowest BCUT2D eigenvalue weighted by molar-refractivity contribution is 0.0203. The average Bonchev–Trinajstić information content (AvgIpc) is 3.31. The largest absolute Gasteiger partial charge is 0.381 e. The third-order valence-corrected chi connectivity index (χ3v) is 6.18. The Morgan fingerprint density at radius 1 is 1.17 bits per heavy atom. The molecule has 2 fully saturated rings. The molecule has 1 unspecified atom stereocenters. The molecule has 2 heterocycles. The van der Waals surface area contributed by atoms with Crippen LogP contribution < -0.4 is 10.6 Å². The van der Waals surface area contributed by atoms with Crippen molar-refractivity contribution in [1.29, 1.82) is 0 Å². The Kier molecular flexibility index (Phi) is 9.93. The molecular weight excluding hydrogens is 376 g/mol. The van der Waals surface area contributed by atoms with Crippen molar-refractivity contribution in [3.63, 3.8) is 0 Å². The molecule has 2 saturated heterocycles. The Balaban J connectivity index is 1.37. The lowest BCUT2D eigenvalue weighted by Crippen LogP contribution is -2.43. The molecule has 3 rings (SSSR count). The van der Waals surface area contributed by atoms with Gasteiger partial charge >= 0.3 is 0 Å². The van der Waals surface area contributed by atoms with E-state index in [-0.39, 0.29) is 0 Å². The fraction of sp³-hybridized carbons (Fsp3) is 0.708. The van der Waals surface area contributed by atoms with Crippen molar-refractivity contribution in [2.75, 3.05) is 59.7 Å². The number of nitrogens with one attached hydrogen (secondary N) is 2. The van der Waals surface area contributed by atoms with Crippen LogP contribution in [0.15, 0.2) is 29.3 Å². The summed E-state index contributed by atoms with van der Waals surface area (Å²) in [5.41, 5.74) is 2.69. The molecule has 0 amide bonds. The minimum Gasteiger partial charge on any atom is -0.381 e. The number of aliphatic imine (C=N–C) groups is 1. The molecule has 0 bridgehead atoms. The fourth-order valence-electron chi connectivity index (χ4n) is 4.26. The van der Waals surface area contributed by atoms with Gasteiger partial charge in [0.25, 0.3) is 0 Å². The van der Waals surface area contributed by atoms with Gasteiger partial charge in [0.1, 0.15) is 0 Å². The SMILES string of the molecule is CN=C(NCCCOCC1CCOCC1)NCC(c1ccc(C)cc1)N1CCCC1. The summed E-state index contributed by atoms with van der Waals surface area (Å²) in [7, 11) is 1.84. The summed E-state index contributed by atoms with van der Waals surface area (Å²) < 4.78 is 11.3. The van der Waals surface area contributed by atoms with Gasteiger partial charge in [-0.2, -0.15) is 0 Å². The molecule has 2 N–H and O–H groups in total. The lowest BCUT2D eigenvalue weighted by atomic mass is 10.0. The second-order valence-electron chi connectivity index (χ2n) is 8.53. The smallest absolute Gasteiger partial charge is 0.191 e. The summed E-state index contributed by atoms with van der Waals surface area (Å²) in [5, 5.41) is 6.98. The van der Waals surface area contributed by atoms with Crippen molar-refractivity contribution in [2.45, 2.75) is 45.1 Å². The molecule has 30 heavy (non-hydrogen) atoms. The molecule has 2 aliphatic rings. The topological polar surface area (TPSA) is 58.1 Å². The molecule has 1 aromatic carbocycles. The zero-order chi connectivity index (χ0) is 21.0. The predicted molar refractivity (Wildman–Crippen MR) is 123 cm³/mol. The third-order valence-electron chi connectivity index (χ3n) is 6.18. The number of hydrogen-bond donors (Lipinski definition) is 2. The minimum absolute atomic E-state index is 0.384. The molecule has 2 aliphatic heterocycles. The molecule has 0 aromatic heterocycles. The van der Waals surface area contributed by atoms with E-state index in [0.29, 0.717) is 12.0 Å². The highest BCUT2D eigenvalue weighted by Crippen LogP contribution is 2.24. The van der Waals surface area contributed by atoms with Crippen LogP contribution >= 0.6 is 0 Å². The molecule has 1 aromatic rings. The zero-order valence-electron chi connectivity index (χ0n) is 18.9. The second-order valence-corrected chi connectivity index (χ2v) is 8.53. The van der Waals surface area contributed by atoms with Crippen LogP contribution in [-0.2, 0) is 9.47 Å². The number of nitrogens with zero attached hydrogens (tertiary/aromatic N) is 2. The van der Waals surface area contributed by atoms with Crippen LogP contribution in [0.2, 0.25) is 0 Å². The Morgan fingerprint density at radius 2 is 1.90 bits per heavy atom. The van der Waals surface area contributed by atoms with Crippen molar-refractivity contribution in [3.8, 4) is 0 Å². The standard InChI is InChI=1S/C24H40N4O2/c1-20-6-8-22(9-7-20)23(28-13-3-4-14-28)18-27-24(25-2)26-12-5-15-30-19-21-10-16-29-17-11-21/h6-9,21,23H,3-5,10-19H2,1-2H3,(H2,25,26,27). The summed E-state index contributed by atoms with van der Waals surface area (Å²) in [6, 6.07) is 9.35. The first-order valence-corrected chi connectivity index (χ1v) is 11.7. The Labute approximate surface area is 182 Å². The average molecular weight is 417 g/mol. The fourth-order valence-corrected chi connectivity index (χ4v) is 4.26. The first kappa shape index (κ1) is 23.0. The van der Waals surface area contributed by atoms with Crippen LogP contribution in [0.25, 0.3) is 0 Å². The van der Waals surface area contributed by atoms with E-state index in [1.807, 2.05) is 7.05 Å². The summed E-state index contributed by atoms with van der Waals surface area (Å²) in [4.78, 5) is 7.00. The molecule has 0 aliphatic carbocycles. The minimum atomic E-state index is 0.384. The predicted octanol–water partition coefficient (Wildman–Crippen LogP) is 3.13. The van der Waals surface area contributed by atoms with Crippen molar-refractivity contribution in [1.82, 2.24) is 15.5 Å². The number of ether oxygens (including phenoxy) is 2. The summed E-state index contributed by atoms with van der Waals surface area (Å²) in [6.45, 7) is 9.66. The number of aryl methyl sites for hydroxylation is 1. The number of guanidine groups is 1. The quantitative estimate of drug-likeness (QED) is 0.349. The van der Waals surface area contributed by atoms with Gasteiger partial charge in [0.05, 0.1) is 6.04 Å². The van der Waals surface area contributed by atoms with E-state index in [2.05, 4.69) is 51.7 Å². The molecule has 0 radical (unpaired) electrons. The van der Waals surface area contributed by atoms with Gasteiger partial charge in [-0.05, 0) is 63.6 Å². The highest BCUT2D eigenvalue weighted by Gasteiger charge is 2.23. The van der Waals surface area contributed by atoms with Crippen molar-refractivity contribution in [3.05, 3.63) is 35.4 Å². The molecule has 6 heteroatoms. The Hall–Kier alpha value is -1.63. The van der Waals surface area contributed by atoms with Gasteiger partial charge in [-0.3, -0.25) is 9.89 Å². The molecule has 0 spiro atoms. The van der Waals surface area contributed by atoms with Gasteiger partial charge in [-0.1, -0.05) is 29.8 Å².